The Morgan fingerprint density at radius 1 is 1.75 bits per heavy atom. The molecule has 4 heteroatoms. The molecule has 0 radical (unpaired) electrons. The molecule has 2 unspecified atom stereocenters. The summed E-state index contributed by atoms with van der Waals surface area (Å²) in [5.74, 6) is -0.274. The lowest BCUT2D eigenvalue weighted by Gasteiger charge is -2.24. The van der Waals surface area contributed by atoms with Gasteiger partial charge in [0.2, 0.25) is 5.91 Å². The van der Waals surface area contributed by atoms with Crippen molar-refractivity contribution in [3.8, 4) is 0 Å². The van der Waals surface area contributed by atoms with Crippen LogP contribution in [0.3, 0.4) is 0 Å². The zero-order chi connectivity index (χ0) is 9.19. The highest BCUT2D eigenvalue weighted by molar-refractivity contribution is 5.85. The van der Waals surface area contributed by atoms with E-state index >= 15 is 0 Å². The molecule has 12 heavy (non-hydrogen) atoms. The lowest BCUT2D eigenvalue weighted by Crippen LogP contribution is -2.52. The first-order valence-electron chi connectivity index (χ1n) is 4.16. The fourth-order valence-corrected chi connectivity index (χ4v) is 1.78. The molecule has 2 atom stereocenters. The molecular weight excluding hydrogens is 156 g/mol. The number of likely N-dealkylation sites (N-methyl/N-ethyl adjacent to an activating group) is 1. The van der Waals surface area contributed by atoms with Crippen molar-refractivity contribution in [2.45, 2.75) is 30.9 Å². The van der Waals surface area contributed by atoms with E-state index in [1.807, 2.05) is 0 Å². The van der Waals surface area contributed by atoms with Crippen molar-refractivity contribution in [1.29, 1.82) is 0 Å². The fraction of sp³-hybridized carbons (Fsp3) is 0.875. The Labute approximate surface area is 72.5 Å². The van der Waals surface area contributed by atoms with Gasteiger partial charge < -0.3 is 15.8 Å². The number of amides is 1. The summed E-state index contributed by atoms with van der Waals surface area (Å²) < 4.78 is 5.17. The van der Waals surface area contributed by atoms with E-state index in [2.05, 4.69) is 5.32 Å². The summed E-state index contributed by atoms with van der Waals surface area (Å²) in [5.41, 5.74) is 4.78. The molecule has 1 saturated carbocycles. The van der Waals surface area contributed by atoms with E-state index in [1.54, 1.807) is 14.2 Å². The van der Waals surface area contributed by atoms with E-state index in [-0.39, 0.29) is 12.0 Å². The lowest BCUT2D eigenvalue weighted by molar-refractivity contribution is -0.124. The molecule has 0 aromatic carbocycles. The molecule has 0 bridgehead atoms. The number of methoxy groups -OCH3 is 1. The minimum atomic E-state index is -0.527. The number of carbonyl (C=O) groups excluding carboxylic acids is 1. The first-order chi connectivity index (χ1) is 5.64. The summed E-state index contributed by atoms with van der Waals surface area (Å²) >= 11 is 0. The summed E-state index contributed by atoms with van der Waals surface area (Å²) in [6.07, 6.45) is 2.54. The molecule has 1 fully saturated rings. The Hall–Kier alpha value is -0.610. The van der Waals surface area contributed by atoms with E-state index in [4.69, 9.17) is 10.5 Å². The number of hydrogen-bond donors (Lipinski definition) is 2. The predicted molar refractivity (Wildman–Crippen MR) is 45.6 cm³/mol. The minimum Gasteiger partial charge on any atom is -0.381 e. The monoisotopic (exact) mass is 172 g/mol. The molecule has 0 aromatic heterocycles. The van der Waals surface area contributed by atoms with Crippen LogP contribution < -0.4 is 11.1 Å². The van der Waals surface area contributed by atoms with Crippen LogP contribution in [0.4, 0.5) is 0 Å². The number of carbonyl (C=O) groups is 1. The summed E-state index contributed by atoms with van der Waals surface area (Å²) in [6, 6.07) is 0. The smallest absolute Gasteiger partial charge is 0.237 e. The number of hydrogen-bond acceptors (Lipinski definition) is 3. The molecule has 0 saturated heterocycles. The number of primary amides is 1. The molecule has 1 aliphatic rings. The van der Waals surface area contributed by atoms with Gasteiger partial charge in [0.05, 0.1) is 11.6 Å². The van der Waals surface area contributed by atoms with E-state index in [0.717, 1.165) is 12.8 Å². The van der Waals surface area contributed by atoms with Gasteiger partial charge >= 0.3 is 0 Å². The van der Waals surface area contributed by atoms with Gasteiger partial charge in [-0.3, -0.25) is 4.79 Å². The molecule has 0 aliphatic heterocycles. The van der Waals surface area contributed by atoms with Crippen LogP contribution in [0, 0.1) is 0 Å². The first kappa shape index (κ1) is 9.48. The largest absolute Gasteiger partial charge is 0.381 e. The Kier molecular flexibility index (Phi) is 2.69. The Morgan fingerprint density at radius 3 is 2.67 bits per heavy atom. The molecular formula is C8H16N2O2. The van der Waals surface area contributed by atoms with Crippen molar-refractivity contribution in [2.75, 3.05) is 14.2 Å². The second-order valence-electron chi connectivity index (χ2n) is 3.30. The number of ether oxygens (including phenoxy) is 1. The summed E-state index contributed by atoms with van der Waals surface area (Å²) in [6.45, 7) is 0. The standard InChI is InChI=1S/C8H16N2O2/c1-10-8(7(9)11)4-3-6(5-8)12-2/h6,10H,3-5H2,1-2H3,(H2,9,11). The van der Waals surface area contributed by atoms with Gasteiger partial charge in [0.1, 0.15) is 0 Å². The number of nitrogens with two attached hydrogens (primary N) is 1. The minimum absolute atomic E-state index is 0.171. The quantitative estimate of drug-likeness (QED) is 0.610. The average molecular weight is 172 g/mol. The molecule has 0 heterocycles. The summed E-state index contributed by atoms with van der Waals surface area (Å²) in [7, 11) is 3.43. The Balaban J connectivity index is 2.66. The summed E-state index contributed by atoms with van der Waals surface area (Å²) in [4.78, 5) is 11.1. The van der Waals surface area contributed by atoms with Crippen LogP contribution in [0.25, 0.3) is 0 Å². The van der Waals surface area contributed by atoms with Gasteiger partial charge in [-0.05, 0) is 19.9 Å². The van der Waals surface area contributed by atoms with Gasteiger partial charge in [-0.25, -0.2) is 0 Å². The van der Waals surface area contributed by atoms with E-state index in [1.165, 1.54) is 0 Å². The molecule has 1 amide bonds. The van der Waals surface area contributed by atoms with Crippen molar-refractivity contribution in [2.24, 2.45) is 5.73 Å². The molecule has 3 N–H and O–H groups in total. The van der Waals surface area contributed by atoms with Gasteiger partial charge in [0.15, 0.2) is 0 Å². The molecule has 4 nitrogen and oxygen atoms in total. The van der Waals surface area contributed by atoms with Gasteiger partial charge in [-0.15, -0.1) is 0 Å². The topological polar surface area (TPSA) is 64.3 Å². The van der Waals surface area contributed by atoms with Crippen molar-refractivity contribution in [3.05, 3.63) is 0 Å². The van der Waals surface area contributed by atoms with Crippen molar-refractivity contribution in [3.63, 3.8) is 0 Å². The third kappa shape index (κ3) is 1.44. The zero-order valence-corrected chi connectivity index (χ0v) is 7.59. The maximum Gasteiger partial charge on any atom is 0.237 e. The number of rotatable bonds is 3. The lowest BCUT2D eigenvalue weighted by atomic mass is 9.97. The van der Waals surface area contributed by atoms with Gasteiger partial charge in [0, 0.05) is 13.5 Å². The fourth-order valence-electron chi connectivity index (χ4n) is 1.78. The highest BCUT2D eigenvalue weighted by Crippen LogP contribution is 2.30. The third-order valence-corrected chi connectivity index (χ3v) is 2.75. The maximum atomic E-state index is 11.1. The third-order valence-electron chi connectivity index (χ3n) is 2.75. The van der Waals surface area contributed by atoms with Crippen LogP contribution in [0.1, 0.15) is 19.3 Å². The highest BCUT2D eigenvalue weighted by atomic mass is 16.5. The van der Waals surface area contributed by atoms with Crippen LogP contribution in [-0.4, -0.2) is 31.7 Å². The van der Waals surface area contributed by atoms with Crippen LogP contribution in [0.2, 0.25) is 0 Å². The van der Waals surface area contributed by atoms with Crippen LogP contribution in [0.15, 0.2) is 0 Å². The normalized spacial score (nSPS) is 35.3. The predicted octanol–water partition coefficient (Wildman–Crippen LogP) is -0.371. The van der Waals surface area contributed by atoms with E-state index in [9.17, 15) is 4.79 Å². The second kappa shape index (κ2) is 3.41. The number of nitrogens with one attached hydrogen (secondary N) is 1. The van der Waals surface area contributed by atoms with Crippen LogP contribution in [-0.2, 0) is 9.53 Å². The maximum absolute atomic E-state index is 11.1. The van der Waals surface area contributed by atoms with Crippen molar-refractivity contribution >= 4 is 5.91 Å². The zero-order valence-electron chi connectivity index (χ0n) is 7.59. The van der Waals surface area contributed by atoms with Crippen LogP contribution >= 0.6 is 0 Å². The first-order valence-corrected chi connectivity index (χ1v) is 4.16. The molecule has 0 aromatic rings. The van der Waals surface area contributed by atoms with E-state index in [0.29, 0.717) is 6.42 Å². The molecule has 1 aliphatic carbocycles. The SMILES string of the molecule is CNC1(C(N)=O)CCC(OC)C1. The molecule has 70 valence electrons. The van der Waals surface area contributed by atoms with E-state index < -0.39 is 5.54 Å². The van der Waals surface area contributed by atoms with Crippen molar-refractivity contribution in [1.82, 2.24) is 5.32 Å². The Morgan fingerprint density at radius 2 is 2.42 bits per heavy atom. The van der Waals surface area contributed by atoms with Gasteiger partial charge in [0.25, 0.3) is 0 Å². The van der Waals surface area contributed by atoms with Crippen molar-refractivity contribution < 1.29 is 9.53 Å². The molecule has 1 rings (SSSR count). The van der Waals surface area contributed by atoms with Gasteiger partial charge in [-0.2, -0.15) is 0 Å². The Bertz CT molecular complexity index is 184. The van der Waals surface area contributed by atoms with Gasteiger partial charge in [-0.1, -0.05) is 0 Å². The molecule has 0 spiro atoms. The second-order valence-corrected chi connectivity index (χ2v) is 3.30. The highest BCUT2D eigenvalue weighted by Gasteiger charge is 2.42. The summed E-state index contributed by atoms with van der Waals surface area (Å²) in [5, 5.41) is 2.99. The van der Waals surface area contributed by atoms with Crippen LogP contribution in [0.5, 0.6) is 0 Å². The average Bonchev–Trinajstić information content (AvgIpc) is 2.48.